The maximum Gasteiger partial charge on any atom is 0.416 e. The molecule has 0 aliphatic rings. The Morgan fingerprint density at radius 3 is 1.27 bits per heavy atom. The summed E-state index contributed by atoms with van der Waals surface area (Å²) >= 11 is 0. The van der Waals surface area contributed by atoms with Crippen LogP contribution in [0.1, 0.15) is 35.0 Å². The highest BCUT2D eigenvalue weighted by atomic mass is 19.4. The van der Waals surface area contributed by atoms with E-state index in [-0.39, 0.29) is 0 Å². The molecule has 40 heavy (non-hydrogen) atoms. The first kappa shape index (κ1) is 27.1. The fourth-order valence-corrected chi connectivity index (χ4v) is 4.66. The average molecular weight is 549 g/mol. The van der Waals surface area contributed by atoms with Gasteiger partial charge in [-0.15, -0.1) is 0 Å². The third-order valence-electron chi connectivity index (χ3n) is 6.85. The summed E-state index contributed by atoms with van der Waals surface area (Å²) in [5.41, 5.74) is 0.588. The van der Waals surface area contributed by atoms with E-state index in [1.807, 2.05) is 37.3 Å². The minimum absolute atomic E-state index is 0.303. The van der Waals surface area contributed by atoms with Crippen LogP contribution in [0, 0.1) is 0 Å². The summed E-state index contributed by atoms with van der Waals surface area (Å²) in [6.45, 7) is 1.89. The highest BCUT2D eigenvalue weighted by Crippen LogP contribution is 2.39. The summed E-state index contributed by atoms with van der Waals surface area (Å²) in [5, 5.41) is 0. The van der Waals surface area contributed by atoms with Gasteiger partial charge in [0.25, 0.3) is 0 Å². The Morgan fingerprint density at radius 1 is 0.450 bits per heavy atom. The second-order valence-electron chi connectivity index (χ2n) is 9.46. The predicted molar refractivity (Wildman–Crippen MR) is 141 cm³/mol. The van der Waals surface area contributed by atoms with Gasteiger partial charge in [-0.3, -0.25) is 9.97 Å². The van der Waals surface area contributed by atoms with Crippen LogP contribution < -0.4 is 0 Å². The molecule has 5 rings (SSSR count). The number of alkyl halides is 6. The van der Waals surface area contributed by atoms with Crippen molar-refractivity contribution < 1.29 is 26.3 Å². The quantitative estimate of drug-likeness (QED) is 0.205. The van der Waals surface area contributed by atoms with Gasteiger partial charge in [-0.1, -0.05) is 66.7 Å². The minimum atomic E-state index is -4.50. The molecule has 0 atom stereocenters. The van der Waals surface area contributed by atoms with Crippen LogP contribution in [-0.4, -0.2) is 9.97 Å². The van der Waals surface area contributed by atoms with Crippen LogP contribution in [0.25, 0.3) is 22.5 Å². The summed E-state index contributed by atoms with van der Waals surface area (Å²) in [5.74, 6) is 0. The lowest BCUT2D eigenvalue weighted by Gasteiger charge is -2.30. The molecule has 2 nitrogen and oxygen atoms in total. The number of nitrogens with zero attached hydrogens (tertiary/aromatic N) is 2. The second-order valence-corrected chi connectivity index (χ2v) is 9.46. The number of hydrogen-bond acceptors (Lipinski definition) is 2. The monoisotopic (exact) mass is 548 g/mol. The Kier molecular flexibility index (Phi) is 6.96. The van der Waals surface area contributed by atoms with Crippen molar-refractivity contribution in [1.82, 2.24) is 9.97 Å². The third-order valence-corrected chi connectivity index (χ3v) is 6.85. The molecule has 2 heterocycles. The zero-order valence-corrected chi connectivity index (χ0v) is 21.1. The molecule has 2 aromatic heterocycles. The molecule has 202 valence electrons. The Balaban J connectivity index is 1.66. The number of rotatable bonds is 5. The topological polar surface area (TPSA) is 25.8 Å². The number of hydrogen-bond donors (Lipinski definition) is 0. The van der Waals surface area contributed by atoms with Gasteiger partial charge in [0.1, 0.15) is 0 Å². The maximum atomic E-state index is 13.4. The highest BCUT2D eigenvalue weighted by Gasteiger charge is 2.35. The van der Waals surface area contributed by atoms with Crippen LogP contribution in [0.4, 0.5) is 26.3 Å². The van der Waals surface area contributed by atoms with Crippen molar-refractivity contribution in [3.05, 3.63) is 143 Å². The lowest BCUT2D eigenvalue weighted by molar-refractivity contribution is -0.138. The smallest absolute Gasteiger partial charge is 0.251 e. The Morgan fingerprint density at radius 2 is 0.850 bits per heavy atom. The molecule has 3 aromatic carbocycles. The van der Waals surface area contributed by atoms with Gasteiger partial charge in [0.2, 0.25) is 0 Å². The first-order valence-corrected chi connectivity index (χ1v) is 12.3. The van der Waals surface area contributed by atoms with E-state index in [2.05, 4.69) is 0 Å². The molecule has 0 saturated carbocycles. The standard InChI is InChI=1S/C32H22F6N2/c1-30(23-11-3-2-4-12-23,28-17-7-15-26(39-28)21-9-5-13-24(19-21)31(33,34)35)29-18-8-16-27(40-29)22-10-6-14-25(20-22)32(36,37)38/h2-20H,1H3. The van der Waals surface area contributed by atoms with E-state index >= 15 is 0 Å². The fraction of sp³-hybridized carbons (Fsp3) is 0.125. The largest absolute Gasteiger partial charge is 0.416 e. The van der Waals surface area contributed by atoms with E-state index in [1.54, 1.807) is 48.5 Å². The average Bonchev–Trinajstić information content (AvgIpc) is 2.96. The van der Waals surface area contributed by atoms with E-state index in [0.29, 0.717) is 33.9 Å². The Bertz CT molecular complexity index is 1540. The maximum absolute atomic E-state index is 13.4. The van der Waals surface area contributed by atoms with Gasteiger partial charge in [0, 0.05) is 11.1 Å². The van der Waals surface area contributed by atoms with Crippen LogP contribution >= 0.6 is 0 Å². The van der Waals surface area contributed by atoms with Crippen molar-refractivity contribution in [2.75, 3.05) is 0 Å². The number of aromatic nitrogens is 2. The summed E-state index contributed by atoms with van der Waals surface area (Å²) in [6, 6.07) is 29.5. The van der Waals surface area contributed by atoms with Crippen LogP contribution in [0.3, 0.4) is 0 Å². The van der Waals surface area contributed by atoms with Crippen LogP contribution in [-0.2, 0) is 17.8 Å². The van der Waals surface area contributed by atoms with Crippen molar-refractivity contribution in [2.45, 2.75) is 24.7 Å². The lowest BCUT2D eigenvalue weighted by Crippen LogP contribution is -2.28. The number of halogens is 6. The van der Waals surface area contributed by atoms with Gasteiger partial charge < -0.3 is 0 Å². The van der Waals surface area contributed by atoms with Crippen molar-refractivity contribution in [3.8, 4) is 22.5 Å². The van der Waals surface area contributed by atoms with E-state index in [9.17, 15) is 26.3 Å². The molecule has 8 heteroatoms. The molecule has 0 saturated heterocycles. The van der Waals surface area contributed by atoms with Gasteiger partial charge in [0.05, 0.1) is 39.3 Å². The first-order chi connectivity index (χ1) is 19.0. The minimum Gasteiger partial charge on any atom is -0.251 e. The molecule has 0 unspecified atom stereocenters. The SMILES string of the molecule is CC(c1ccccc1)(c1cccc(-c2cccc(C(F)(F)F)c2)n1)c1cccc(-c2cccc(C(F)(F)F)c2)n1. The van der Waals surface area contributed by atoms with Crippen molar-refractivity contribution in [2.24, 2.45) is 0 Å². The van der Waals surface area contributed by atoms with Crippen molar-refractivity contribution in [3.63, 3.8) is 0 Å². The molecular formula is C32H22F6N2. The lowest BCUT2D eigenvalue weighted by atomic mass is 9.75. The number of pyridine rings is 2. The first-order valence-electron chi connectivity index (χ1n) is 12.3. The van der Waals surface area contributed by atoms with Crippen molar-refractivity contribution >= 4 is 0 Å². The van der Waals surface area contributed by atoms with Gasteiger partial charge in [-0.05, 0) is 61.0 Å². The van der Waals surface area contributed by atoms with E-state index < -0.39 is 28.9 Å². The van der Waals surface area contributed by atoms with Crippen LogP contribution in [0.5, 0.6) is 0 Å². The molecule has 0 amide bonds. The summed E-state index contributed by atoms with van der Waals surface area (Å²) in [6.07, 6.45) is -9.00. The fourth-order valence-electron chi connectivity index (χ4n) is 4.66. The third kappa shape index (κ3) is 5.34. The molecule has 0 radical (unpaired) electrons. The molecule has 5 aromatic rings. The predicted octanol–water partition coefficient (Wildman–Crippen LogP) is 9.20. The molecular weight excluding hydrogens is 526 g/mol. The molecule has 0 N–H and O–H groups in total. The number of benzene rings is 3. The van der Waals surface area contributed by atoms with Gasteiger partial charge >= 0.3 is 12.4 Å². The van der Waals surface area contributed by atoms with E-state index in [0.717, 1.165) is 29.8 Å². The molecule has 0 fully saturated rings. The van der Waals surface area contributed by atoms with Gasteiger partial charge in [-0.2, -0.15) is 26.3 Å². The Hall–Kier alpha value is -4.46. The Labute approximate surface area is 227 Å². The summed E-state index contributed by atoms with van der Waals surface area (Å²) in [4.78, 5) is 9.57. The molecule has 0 spiro atoms. The van der Waals surface area contributed by atoms with Crippen LogP contribution in [0.15, 0.2) is 115 Å². The molecule has 0 aliphatic heterocycles. The van der Waals surface area contributed by atoms with Gasteiger partial charge in [-0.25, -0.2) is 0 Å². The van der Waals surface area contributed by atoms with Crippen molar-refractivity contribution in [1.29, 1.82) is 0 Å². The zero-order valence-electron chi connectivity index (χ0n) is 21.1. The normalized spacial score (nSPS) is 12.4. The van der Waals surface area contributed by atoms with Crippen LogP contribution in [0.2, 0.25) is 0 Å². The molecule has 0 bridgehead atoms. The second kappa shape index (κ2) is 10.3. The zero-order chi connectivity index (χ0) is 28.5. The summed E-state index contributed by atoms with van der Waals surface area (Å²) < 4.78 is 80.2. The van der Waals surface area contributed by atoms with Gasteiger partial charge in [0.15, 0.2) is 0 Å². The highest BCUT2D eigenvalue weighted by molar-refractivity contribution is 5.63. The summed E-state index contributed by atoms with van der Waals surface area (Å²) in [7, 11) is 0. The molecule has 0 aliphatic carbocycles. The van der Waals surface area contributed by atoms with E-state index in [4.69, 9.17) is 9.97 Å². The van der Waals surface area contributed by atoms with E-state index in [1.165, 1.54) is 12.1 Å².